The molecule has 0 bridgehead atoms. The van der Waals surface area contributed by atoms with E-state index in [4.69, 9.17) is 0 Å². The summed E-state index contributed by atoms with van der Waals surface area (Å²) in [5.41, 5.74) is 8.20. The van der Waals surface area contributed by atoms with E-state index in [9.17, 15) is 0 Å². The van der Waals surface area contributed by atoms with Crippen LogP contribution in [0.1, 0.15) is 50.8 Å². The Hall–Kier alpha value is -2.86. The number of hydrogen-bond donors (Lipinski definition) is 0. The summed E-state index contributed by atoms with van der Waals surface area (Å²) in [6, 6.07) is 29.0. The Morgan fingerprint density at radius 1 is 0.633 bits per heavy atom. The van der Waals surface area contributed by atoms with E-state index in [2.05, 4.69) is 97.1 Å². The van der Waals surface area contributed by atoms with Gasteiger partial charge in [0.1, 0.15) is 0 Å². The molecule has 0 amide bonds. The largest absolute Gasteiger partial charge is 0.0805 e. The van der Waals surface area contributed by atoms with Crippen molar-refractivity contribution < 1.29 is 0 Å². The van der Waals surface area contributed by atoms with Crippen LogP contribution >= 0.6 is 0 Å². The molecule has 0 spiro atoms. The van der Waals surface area contributed by atoms with Gasteiger partial charge in [-0.1, -0.05) is 125 Å². The van der Waals surface area contributed by atoms with Gasteiger partial charge in [0.05, 0.1) is 5.41 Å². The standard InChI is InChI=1S/C26H20.2C2H6/c1-2-8-20(9-3-1)26(21-15-14-18-16-19(18)17-21)24-12-6-4-10-22(24)23-11-5-7-13-25(23)26;2*1-2/h1-15,17-19H,16H2;2*1-2H3. The van der Waals surface area contributed by atoms with Crippen molar-refractivity contribution in [2.45, 2.75) is 39.5 Å². The molecule has 152 valence electrons. The fourth-order valence-corrected chi connectivity index (χ4v) is 5.12. The van der Waals surface area contributed by atoms with Crippen LogP contribution in [0.2, 0.25) is 0 Å². The van der Waals surface area contributed by atoms with Crippen LogP contribution in [0.5, 0.6) is 0 Å². The van der Waals surface area contributed by atoms with Crippen LogP contribution in [-0.2, 0) is 5.41 Å². The van der Waals surface area contributed by atoms with Crippen LogP contribution in [-0.4, -0.2) is 0 Å². The number of allylic oxidation sites excluding steroid dienone is 4. The highest BCUT2D eigenvalue weighted by atomic mass is 14.5. The smallest absolute Gasteiger partial charge is 0.0710 e. The maximum absolute atomic E-state index is 2.55. The zero-order valence-corrected chi connectivity index (χ0v) is 18.6. The van der Waals surface area contributed by atoms with E-state index in [1.54, 1.807) is 0 Å². The minimum atomic E-state index is -0.196. The van der Waals surface area contributed by atoms with Crippen LogP contribution in [0.25, 0.3) is 11.1 Å². The molecule has 3 aromatic carbocycles. The first kappa shape index (κ1) is 20.4. The first-order valence-corrected chi connectivity index (χ1v) is 11.5. The quantitative estimate of drug-likeness (QED) is 0.412. The zero-order chi connectivity index (χ0) is 21.1. The molecule has 3 aliphatic carbocycles. The summed E-state index contributed by atoms with van der Waals surface area (Å²) in [6.07, 6.45) is 8.71. The summed E-state index contributed by atoms with van der Waals surface area (Å²) < 4.78 is 0. The Bertz CT molecular complexity index is 1020. The van der Waals surface area contributed by atoms with Gasteiger partial charge in [0.25, 0.3) is 0 Å². The molecule has 0 radical (unpaired) electrons. The van der Waals surface area contributed by atoms with E-state index >= 15 is 0 Å². The third-order valence-corrected chi connectivity index (χ3v) is 6.40. The lowest BCUT2D eigenvalue weighted by Gasteiger charge is -2.35. The van der Waals surface area contributed by atoms with Crippen molar-refractivity contribution in [3.63, 3.8) is 0 Å². The lowest BCUT2D eigenvalue weighted by molar-refractivity contribution is 0.747. The highest BCUT2D eigenvalue weighted by Crippen LogP contribution is 2.58. The summed E-state index contributed by atoms with van der Waals surface area (Å²) in [4.78, 5) is 0. The molecule has 2 atom stereocenters. The molecule has 0 nitrogen and oxygen atoms in total. The topological polar surface area (TPSA) is 0 Å². The van der Waals surface area contributed by atoms with E-state index in [0.29, 0.717) is 0 Å². The van der Waals surface area contributed by atoms with E-state index in [1.165, 1.54) is 39.8 Å². The number of hydrogen-bond acceptors (Lipinski definition) is 0. The lowest BCUT2D eigenvalue weighted by Crippen LogP contribution is -2.29. The van der Waals surface area contributed by atoms with Crippen LogP contribution in [0.3, 0.4) is 0 Å². The van der Waals surface area contributed by atoms with Crippen LogP contribution in [0.4, 0.5) is 0 Å². The molecular formula is C30H32. The van der Waals surface area contributed by atoms with Crippen molar-refractivity contribution in [1.82, 2.24) is 0 Å². The van der Waals surface area contributed by atoms with Crippen molar-refractivity contribution >= 4 is 0 Å². The van der Waals surface area contributed by atoms with Gasteiger partial charge in [-0.2, -0.15) is 0 Å². The molecule has 1 fully saturated rings. The van der Waals surface area contributed by atoms with Gasteiger partial charge in [0, 0.05) is 0 Å². The van der Waals surface area contributed by atoms with E-state index in [0.717, 1.165) is 11.8 Å². The van der Waals surface area contributed by atoms with Crippen molar-refractivity contribution in [2.75, 3.05) is 0 Å². The average molecular weight is 393 g/mol. The highest BCUT2D eigenvalue weighted by Gasteiger charge is 2.48. The summed E-state index contributed by atoms with van der Waals surface area (Å²) in [5.74, 6) is 1.51. The molecule has 3 aromatic rings. The summed E-state index contributed by atoms with van der Waals surface area (Å²) in [6.45, 7) is 8.00. The van der Waals surface area contributed by atoms with Gasteiger partial charge in [-0.15, -0.1) is 0 Å². The van der Waals surface area contributed by atoms with Gasteiger partial charge in [0.2, 0.25) is 0 Å². The van der Waals surface area contributed by atoms with Gasteiger partial charge in [0.15, 0.2) is 0 Å². The minimum absolute atomic E-state index is 0.196. The molecule has 0 saturated heterocycles. The lowest BCUT2D eigenvalue weighted by atomic mass is 9.66. The number of benzene rings is 3. The molecule has 3 aliphatic rings. The third-order valence-electron chi connectivity index (χ3n) is 6.40. The van der Waals surface area contributed by atoms with Gasteiger partial charge < -0.3 is 0 Å². The van der Waals surface area contributed by atoms with Crippen LogP contribution < -0.4 is 0 Å². The van der Waals surface area contributed by atoms with Gasteiger partial charge in [-0.25, -0.2) is 0 Å². The van der Waals surface area contributed by atoms with Gasteiger partial charge in [-0.3, -0.25) is 0 Å². The molecule has 2 unspecified atom stereocenters. The summed E-state index contributed by atoms with van der Waals surface area (Å²) in [5, 5.41) is 0. The van der Waals surface area contributed by atoms with Gasteiger partial charge in [-0.05, 0) is 51.6 Å². The second-order valence-corrected chi connectivity index (χ2v) is 7.75. The number of fused-ring (bicyclic) bond motifs is 4. The summed E-state index contributed by atoms with van der Waals surface area (Å²) >= 11 is 0. The third kappa shape index (κ3) is 2.98. The SMILES string of the molecule is C1=CC2CC2C=C1C1(c2ccccc2)c2ccccc2-c2ccccc21.CC.CC. The first-order valence-electron chi connectivity index (χ1n) is 11.5. The molecule has 30 heavy (non-hydrogen) atoms. The monoisotopic (exact) mass is 392 g/mol. The molecule has 1 saturated carbocycles. The second kappa shape index (κ2) is 8.48. The predicted molar refractivity (Wildman–Crippen MR) is 130 cm³/mol. The Balaban J connectivity index is 0.000000516. The van der Waals surface area contributed by atoms with E-state index < -0.39 is 0 Å². The van der Waals surface area contributed by atoms with Crippen molar-refractivity contribution in [2.24, 2.45) is 11.8 Å². The summed E-state index contributed by atoms with van der Waals surface area (Å²) in [7, 11) is 0. The van der Waals surface area contributed by atoms with Crippen molar-refractivity contribution in [3.05, 3.63) is 119 Å². The fourth-order valence-electron chi connectivity index (χ4n) is 5.12. The Labute approximate surface area is 182 Å². The predicted octanol–water partition coefficient (Wildman–Crippen LogP) is 8.19. The van der Waals surface area contributed by atoms with Crippen molar-refractivity contribution in [1.29, 1.82) is 0 Å². The molecule has 0 N–H and O–H groups in total. The van der Waals surface area contributed by atoms with Crippen LogP contribution in [0, 0.1) is 11.8 Å². The fraction of sp³-hybridized carbons (Fsp3) is 0.267. The van der Waals surface area contributed by atoms with Crippen molar-refractivity contribution in [3.8, 4) is 11.1 Å². The van der Waals surface area contributed by atoms with E-state index in [-0.39, 0.29) is 5.41 Å². The Morgan fingerprint density at radius 2 is 1.17 bits per heavy atom. The van der Waals surface area contributed by atoms with Crippen LogP contribution in [0.15, 0.2) is 103 Å². The molecule has 0 aromatic heterocycles. The normalized spacial score (nSPS) is 20.9. The Morgan fingerprint density at radius 3 is 1.73 bits per heavy atom. The maximum atomic E-state index is 2.55. The second-order valence-electron chi connectivity index (χ2n) is 7.75. The average Bonchev–Trinajstić information content (AvgIpc) is 3.57. The van der Waals surface area contributed by atoms with Gasteiger partial charge >= 0.3 is 0 Å². The highest BCUT2D eigenvalue weighted by molar-refractivity contribution is 5.86. The molecular weight excluding hydrogens is 360 g/mol. The molecule has 0 heteroatoms. The molecule has 0 heterocycles. The number of rotatable bonds is 2. The maximum Gasteiger partial charge on any atom is 0.0710 e. The zero-order valence-electron chi connectivity index (χ0n) is 18.6. The minimum Gasteiger partial charge on any atom is -0.0805 e. The molecule has 6 rings (SSSR count). The molecule has 0 aliphatic heterocycles. The van der Waals surface area contributed by atoms with E-state index in [1.807, 2.05) is 27.7 Å². The first-order chi connectivity index (χ1) is 14.9. The Kier molecular flexibility index (Phi) is 5.77.